The molecule has 19 heteroatoms. The van der Waals surface area contributed by atoms with Crippen molar-refractivity contribution in [2.75, 3.05) is 0 Å². The van der Waals surface area contributed by atoms with Crippen LogP contribution in [0.25, 0.3) is 21.5 Å². The summed E-state index contributed by atoms with van der Waals surface area (Å²) in [5.74, 6) is -12.3. The molecule has 4 aliphatic heterocycles. The van der Waals surface area contributed by atoms with Crippen LogP contribution in [0.4, 0.5) is 46.8 Å². The number of rotatable bonds is 0. The molecule has 6 heterocycles. The number of hydrogen-bond donors (Lipinski definition) is 0. The summed E-state index contributed by atoms with van der Waals surface area (Å²) in [5, 5.41) is -2.50. The molecule has 0 amide bonds. The van der Waals surface area contributed by atoms with Crippen LogP contribution in [-0.4, -0.2) is 45.6 Å². The van der Waals surface area contributed by atoms with Crippen molar-refractivity contribution in [1.82, 2.24) is 5.58 Å². The second-order valence-corrected chi connectivity index (χ2v) is 25.4. The zero-order valence-corrected chi connectivity index (χ0v) is 28.8. The van der Waals surface area contributed by atoms with E-state index in [1.54, 1.807) is 0 Å². The predicted molar refractivity (Wildman–Crippen MR) is 172 cm³/mol. The molecule has 0 atom stereocenters. The van der Waals surface area contributed by atoms with Crippen molar-refractivity contribution in [3.05, 3.63) is 128 Å². The Bertz CT molecular complexity index is 2810. The van der Waals surface area contributed by atoms with E-state index in [1.807, 2.05) is 0 Å². The Morgan fingerprint density at radius 2 is 0.667 bits per heavy atom. The standard InChI is InChI=1S/C32H8F8N8.2ClH.Sn/c33-9-1-2-10(34)18-17(9)25-41-26(18)46-28-21-13(37)5-6-14(38)22(21)30(43-28)48-32-24-16(40)8-7-15(39)23(24)31(44-32)47-29-20-12(36)4-3-11(35)19(20)27(42-29)45-25;;;/h1-8H;2*1H;/q-2;;;+4/p-2. The average Bonchev–Trinajstić information content (AvgIpc) is 3.81. The maximum absolute atomic E-state index is 16.0. The molecular weight excluding hydrogens is 838 g/mol. The molecule has 0 saturated heterocycles. The van der Waals surface area contributed by atoms with Gasteiger partial charge in [-0.1, -0.05) is 0 Å². The van der Waals surface area contributed by atoms with E-state index in [9.17, 15) is 0 Å². The third kappa shape index (κ3) is 3.86. The predicted octanol–water partition coefficient (Wildman–Crippen LogP) is 6.96. The Hall–Kier alpha value is -4.94. The third-order valence-electron chi connectivity index (χ3n) is 8.86. The molecule has 4 aromatic carbocycles. The molecule has 6 bridgehead atoms. The molecule has 4 aliphatic rings. The summed E-state index contributed by atoms with van der Waals surface area (Å²) in [7, 11) is 14.8. The number of aromatic nitrogens is 2. The van der Waals surface area contributed by atoms with Gasteiger partial charge in [-0.25, -0.2) is 0 Å². The van der Waals surface area contributed by atoms with Crippen LogP contribution in [0, 0.1) is 46.5 Å². The maximum atomic E-state index is 16.0. The van der Waals surface area contributed by atoms with Gasteiger partial charge in [0.15, 0.2) is 0 Å². The molecule has 6 aromatic rings. The molecule has 8 nitrogen and oxygen atoms in total. The molecule has 0 radical (unpaired) electrons. The van der Waals surface area contributed by atoms with Gasteiger partial charge in [-0.2, -0.15) is 0 Å². The summed E-state index contributed by atoms with van der Waals surface area (Å²) in [6.07, 6.45) is 0. The topological polar surface area (TPSA) is 84.0 Å². The van der Waals surface area contributed by atoms with Gasteiger partial charge in [-0.05, 0) is 0 Å². The Morgan fingerprint density at radius 3 is 1.02 bits per heavy atom. The number of hydrogen-bond acceptors (Lipinski definition) is 6. The Labute approximate surface area is 288 Å². The Kier molecular flexibility index (Phi) is 6.11. The van der Waals surface area contributed by atoms with E-state index in [0.29, 0.717) is 0 Å². The SMILES string of the molecule is Fc1ccc(F)c2c1C1=NC2=Nc2c3c(F)ccc(F)c3c3[n]2[Sn]([Cl])([Cl])[n]2c(c4c(F)ccc(F)c4c2=NC2=NC(=N3)c3c(F)ccc(F)c32)=N1. The van der Waals surface area contributed by atoms with Gasteiger partial charge in [-0.15, -0.1) is 0 Å². The molecule has 0 N–H and O–H groups in total. The van der Waals surface area contributed by atoms with Crippen molar-refractivity contribution < 1.29 is 35.1 Å². The van der Waals surface area contributed by atoms with Crippen LogP contribution in [0.5, 0.6) is 0 Å². The van der Waals surface area contributed by atoms with Crippen molar-refractivity contribution in [2.45, 2.75) is 0 Å². The van der Waals surface area contributed by atoms with E-state index < -0.39 is 153 Å². The molecule has 0 aliphatic carbocycles. The third-order valence-corrected chi connectivity index (χ3v) is 18.9. The normalized spacial score (nSPS) is 16.2. The number of benzene rings is 4. The minimum absolute atomic E-state index is 0.550. The van der Waals surface area contributed by atoms with Crippen LogP contribution in [0.15, 0.2) is 78.5 Å². The molecule has 0 saturated carbocycles. The van der Waals surface area contributed by atoms with Gasteiger partial charge in [0.25, 0.3) is 0 Å². The summed E-state index contributed by atoms with van der Waals surface area (Å²) in [6.45, 7) is 0. The Morgan fingerprint density at radius 1 is 0.373 bits per heavy atom. The first-order chi connectivity index (χ1) is 24.4. The zero-order chi connectivity index (χ0) is 35.4. The zero-order valence-electron chi connectivity index (χ0n) is 24.5. The minimum atomic E-state index is -6.14. The van der Waals surface area contributed by atoms with E-state index in [-0.39, 0.29) is 0 Å². The second-order valence-electron chi connectivity index (χ2n) is 11.6. The van der Waals surface area contributed by atoms with Crippen LogP contribution in [0.1, 0.15) is 22.3 Å². The summed E-state index contributed by atoms with van der Waals surface area (Å²) >= 11 is -6.14. The van der Waals surface area contributed by atoms with Gasteiger partial charge in [0.05, 0.1) is 0 Å². The van der Waals surface area contributed by atoms with E-state index >= 15 is 35.1 Å². The van der Waals surface area contributed by atoms with Gasteiger partial charge < -0.3 is 0 Å². The van der Waals surface area contributed by atoms with Crippen LogP contribution < -0.4 is 11.0 Å². The fourth-order valence-corrected chi connectivity index (χ4v) is 16.4. The van der Waals surface area contributed by atoms with Crippen molar-refractivity contribution >= 4 is 91.0 Å². The van der Waals surface area contributed by atoms with Crippen molar-refractivity contribution in [3.8, 4) is 0 Å². The number of aliphatic imine (C=N–C) groups is 4. The van der Waals surface area contributed by atoms with E-state index in [4.69, 9.17) is 17.8 Å². The van der Waals surface area contributed by atoms with Gasteiger partial charge in [-0.3, -0.25) is 0 Å². The molecule has 0 unspecified atom stereocenters. The molecule has 0 spiro atoms. The fraction of sp³-hybridized carbons (Fsp3) is 0. The van der Waals surface area contributed by atoms with Gasteiger partial charge in [0.1, 0.15) is 0 Å². The molecule has 250 valence electrons. The van der Waals surface area contributed by atoms with E-state index in [0.717, 1.165) is 54.1 Å². The number of nitrogens with zero attached hydrogens (tertiary/aromatic N) is 8. The summed E-state index contributed by atoms with van der Waals surface area (Å²) < 4.78 is 128. The quantitative estimate of drug-likeness (QED) is 0.117. The van der Waals surface area contributed by atoms with Crippen LogP contribution in [0.2, 0.25) is 0 Å². The van der Waals surface area contributed by atoms with Crippen LogP contribution in [-0.2, 0) is 0 Å². The average molecular weight is 846 g/mol. The van der Waals surface area contributed by atoms with Crippen molar-refractivity contribution in [2.24, 2.45) is 30.0 Å². The molecule has 51 heavy (non-hydrogen) atoms. The summed E-state index contributed by atoms with van der Waals surface area (Å²) in [4.78, 5) is 25.9. The molecular formula is C32H8Cl2F8N8Sn. The first-order valence-corrected chi connectivity index (χ1v) is 24.3. The molecule has 10 rings (SSSR count). The number of amidine groups is 4. The van der Waals surface area contributed by atoms with Crippen molar-refractivity contribution in [1.29, 1.82) is 0 Å². The molecule has 2 aromatic heterocycles. The monoisotopic (exact) mass is 846 g/mol. The van der Waals surface area contributed by atoms with Gasteiger partial charge in [0, 0.05) is 0 Å². The number of fused-ring (bicyclic) bond motifs is 14. The second kappa shape index (κ2) is 10.1. The van der Waals surface area contributed by atoms with Crippen LogP contribution in [0.3, 0.4) is 0 Å². The van der Waals surface area contributed by atoms with Crippen molar-refractivity contribution in [3.63, 3.8) is 0 Å². The first-order valence-electron chi connectivity index (χ1n) is 14.6. The number of halogens is 10. The molecule has 0 fully saturated rings. The Balaban J connectivity index is 1.57. The van der Waals surface area contributed by atoms with E-state index in [2.05, 4.69) is 30.0 Å². The van der Waals surface area contributed by atoms with Crippen LogP contribution >= 0.6 is 17.8 Å². The van der Waals surface area contributed by atoms with E-state index in [1.165, 1.54) is 0 Å². The summed E-state index contributed by atoms with van der Waals surface area (Å²) in [5.41, 5.74) is -3.43. The fourth-order valence-electron chi connectivity index (χ4n) is 6.79. The van der Waals surface area contributed by atoms with Gasteiger partial charge in [0.2, 0.25) is 0 Å². The van der Waals surface area contributed by atoms with Gasteiger partial charge >= 0.3 is 290 Å². The summed E-state index contributed by atoms with van der Waals surface area (Å²) in [6, 6.07) is 6.08. The first kappa shape index (κ1) is 30.8.